The summed E-state index contributed by atoms with van der Waals surface area (Å²) >= 11 is 0. The van der Waals surface area contributed by atoms with E-state index < -0.39 is 0 Å². The molecule has 1 saturated carbocycles. The summed E-state index contributed by atoms with van der Waals surface area (Å²) in [5.41, 5.74) is 22.4. The first kappa shape index (κ1) is 44.9. The third-order valence-corrected chi connectivity index (χ3v) is 15.2. The monoisotopic (exact) mass is 950 g/mol. The van der Waals surface area contributed by atoms with Gasteiger partial charge in [0, 0.05) is 63.7 Å². The van der Waals surface area contributed by atoms with E-state index in [1.54, 1.807) is 0 Å². The Morgan fingerprint density at radius 1 is 0.432 bits per heavy atom. The van der Waals surface area contributed by atoms with E-state index in [9.17, 15) is 0 Å². The Hall–Kier alpha value is -9.06. The third kappa shape index (κ3) is 8.46. The summed E-state index contributed by atoms with van der Waals surface area (Å²) in [6.45, 7) is 2.37. The first-order chi connectivity index (χ1) is 36.5. The molecule has 11 aromatic carbocycles. The summed E-state index contributed by atoms with van der Waals surface area (Å²) in [7, 11) is 2.75. The average Bonchev–Trinajstić information content (AvgIpc) is 4.32. The molecule has 0 amide bonds. The number of allylic oxidation sites excluding steroid dienone is 1. The Morgan fingerprint density at radius 3 is 1.57 bits per heavy atom. The summed E-state index contributed by atoms with van der Waals surface area (Å²) in [4.78, 5) is 5.02. The second kappa shape index (κ2) is 19.2. The minimum Gasteiger partial charge on any atom is -0.388 e. The van der Waals surface area contributed by atoms with E-state index in [2.05, 4.69) is 276 Å². The molecule has 13 rings (SSSR count). The number of anilines is 8. The van der Waals surface area contributed by atoms with Gasteiger partial charge in [0.1, 0.15) is 0 Å². The number of hydrogen-bond donors (Lipinski definition) is 2. The summed E-state index contributed by atoms with van der Waals surface area (Å²) in [5.74, 6) is 0.538. The lowest BCUT2D eigenvalue weighted by Gasteiger charge is -2.39. The Kier molecular flexibility index (Phi) is 11.6. The summed E-state index contributed by atoms with van der Waals surface area (Å²) in [6.07, 6.45) is 2.42. The first-order valence-corrected chi connectivity index (χ1v) is 26.0. The molecule has 0 saturated heterocycles. The van der Waals surface area contributed by atoms with Crippen molar-refractivity contribution in [1.29, 1.82) is 0 Å². The molecule has 1 aliphatic carbocycles. The molecule has 0 spiro atoms. The Balaban J connectivity index is 1.12. The molecule has 2 aliphatic rings. The molecule has 74 heavy (non-hydrogen) atoms. The van der Waals surface area contributed by atoms with E-state index in [4.69, 9.17) is 0 Å². The molecule has 354 valence electrons. The van der Waals surface area contributed by atoms with Crippen molar-refractivity contribution in [2.75, 3.05) is 27.5 Å². The van der Waals surface area contributed by atoms with E-state index in [0.717, 1.165) is 69.5 Å². The van der Waals surface area contributed by atoms with Gasteiger partial charge < -0.3 is 20.4 Å². The zero-order valence-corrected chi connectivity index (χ0v) is 41.8. The van der Waals surface area contributed by atoms with Crippen LogP contribution in [0.2, 0.25) is 0 Å². The van der Waals surface area contributed by atoms with Crippen LogP contribution >= 0.6 is 0 Å². The fourth-order valence-electron chi connectivity index (χ4n) is 11.3. The highest BCUT2D eigenvalue weighted by Crippen LogP contribution is 2.50. The van der Waals surface area contributed by atoms with Crippen molar-refractivity contribution in [2.24, 2.45) is 0 Å². The largest absolute Gasteiger partial charge is 0.388 e. The van der Waals surface area contributed by atoms with Crippen molar-refractivity contribution in [3.63, 3.8) is 0 Å². The molecule has 2 N–H and O–H groups in total. The van der Waals surface area contributed by atoms with Gasteiger partial charge in [-0.25, -0.2) is 0 Å². The van der Waals surface area contributed by atoms with Gasteiger partial charge in [-0.1, -0.05) is 169 Å². The van der Waals surface area contributed by atoms with E-state index in [0.29, 0.717) is 5.92 Å². The first-order valence-electron chi connectivity index (χ1n) is 26.0. The molecule has 0 unspecified atom stereocenters. The maximum Gasteiger partial charge on any atom is 0.198 e. The number of nitrogens with zero attached hydrogens (tertiary/aromatic N) is 2. The van der Waals surface area contributed by atoms with Gasteiger partial charge in [-0.2, -0.15) is 0 Å². The average molecular weight is 951 g/mol. The normalized spacial score (nSPS) is 13.1. The SMILES string of the molecule is CNc1ccc(N2C(C)=C(c3cc4ccccc4cc3C3CC3)Bc3c(-c4cc5ccccc5cc4Nc4ccc(-c5ccccc5)cc4)cc(N(c4ccccc4)c4ccccc4)cc32)c(-c2ccccc2)c1. The number of rotatable bonds is 12. The van der Waals surface area contributed by atoms with Crippen molar-refractivity contribution in [2.45, 2.75) is 25.7 Å². The van der Waals surface area contributed by atoms with Crippen molar-refractivity contribution in [3.05, 3.63) is 266 Å². The smallest absolute Gasteiger partial charge is 0.198 e. The number of hydrogen-bond acceptors (Lipinski definition) is 4. The minimum atomic E-state index is 0.538. The predicted molar refractivity (Wildman–Crippen MR) is 318 cm³/mol. The second-order valence-corrected chi connectivity index (χ2v) is 19.8. The van der Waals surface area contributed by atoms with Crippen LogP contribution < -0.4 is 25.9 Å². The lowest BCUT2D eigenvalue weighted by atomic mass is 9.55. The quantitative estimate of drug-likeness (QED) is 0.120. The van der Waals surface area contributed by atoms with Crippen LogP contribution in [0, 0.1) is 0 Å². The van der Waals surface area contributed by atoms with E-state index in [1.807, 2.05) is 7.05 Å². The standard InChI is InChI=1S/C69H55BN4/c1-46-68(63-41-53-25-16-15-23-51(53)39-60(63)50-31-32-50)70-69-64(62-40-52-24-17-18-26-54(52)42-65(62)72-55-35-33-48(34-36-55)47-19-7-3-8-20-47)44-59(74(57-27-11-5-12-28-57)58-29-13-6-14-30-58)45-67(69)73(46)66-38-37-56(71-2)43-61(66)49-21-9-4-10-22-49/h3-30,33-45,50,70-72H,31-32H2,1-2H3. The fraction of sp³-hybridized carbons (Fsp3) is 0.0725. The summed E-state index contributed by atoms with van der Waals surface area (Å²) in [5, 5.41) is 12.4. The molecular formula is C69H55BN4. The molecule has 11 aromatic rings. The van der Waals surface area contributed by atoms with Gasteiger partial charge in [0.15, 0.2) is 7.28 Å². The van der Waals surface area contributed by atoms with Crippen LogP contribution in [0.15, 0.2) is 254 Å². The highest BCUT2D eigenvalue weighted by Gasteiger charge is 2.35. The maximum absolute atomic E-state index is 4.00. The molecular weight excluding hydrogens is 896 g/mol. The summed E-state index contributed by atoms with van der Waals surface area (Å²) < 4.78 is 0. The van der Waals surface area contributed by atoms with Crippen LogP contribution in [0.1, 0.15) is 36.8 Å². The van der Waals surface area contributed by atoms with Crippen molar-refractivity contribution < 1.29 is 0 Å². The molecule has 1 heterocycles. The van der Waals surface area contributed by atoms with Crippen molar-refractivity contribution >= 4 is 85.3 Å². The highest BCUT2D eigenvalue weighted by molar-refractivity contribution is 6.77. The lowest BCUT2D eigenvalue weighted by molar-refractivity contribution is 1.12. The number of fused-ring (bicyclic) bond motifs is 3. The molecule has 1 fully saturated rings. The lowest BCUT2D eigenvalue weighted by Crippen LogP contribution is -2.35. The molecule has 0 aromatic heterocycles. The van der Waals surface area contributed by atoms with Gasteiger partial charge in [0.2, 0.25) is 0 Å². The van der Waals surface area contributed by atoms with Gasteiger partial charge >= 0.3 is 0 Å². The number of nitrogens with one attached hydrogen (secondary N) is 2. The van der Waals surface area contributed by atoms with Gasteiger partial charge in [0.05, 0.1) is 5.69 Å². The minimum absolute atomic E-state index is 0.538. The van der Waals surface area contributed by atoms with Crippen LogP contribution in [0.25, 0.3) is 60.4 Å². The zero-order chi connectivity index (χ0) is 49.5. The number of benzene rings is 11. The third-order valence-electron chi connectivity index (χ3n) is 15.2. The zero-order valence-electron chi connectivity index (χ0n) is 41.8. The van der Waals surface area contributed by atoms with Crippen LogP contribution in [-0.2, 0) is 0 Å². The molecule has 0 radical (unpaired) electrons. The Bertz CT molecular complexity index is 3850. The van der Waals surface area contributed by atoms with Gasteiger partial charge in [0.25, 0.3) is 0 Å². The Labute approximate surface area is 435 Å². The van der Waals surface area contributed by atoms with Crippen LogP contribution in [0.3, 0.4) is 0 Å². The fourth-order valence-corrected chi connectivity index (χ4v) is 11.3. The number of para-hydroxylation sites is 2. The van der Waals surface area contributed by atoms with Crippen molar-refractivity contribution in [3.8, 4) is 33.4 Å². The van der Waals surface area contributed by atoms with Crippen LogP contribution in [0.5, 0.6) is 0 Å². The topological polar surface area (TPSA) is 30.5 Å². The molecule has 5 heteroatoms. The van der Waals surface area contributed by atoms with Gasteiger partial charge in [-0.15, -0.1) is 0 Å². The van der Waals surface area contributed by atoms with E-state index in [-0.39, 0.29) is 0 Å². The maximum atomic E-state index is 4.00. The van der Waals surface area contributed by atoms with Crippen LogP contribution in [-0.4, -0.2) is 14.3 Å². The molecule has 4 nitrogen and oxygen atoms in total. The van der Waals surface area contributed by atoms with Gasteiger partial charge in [-0.05, 0) is 171 Å². The predicted octanol–water partition coefficient (Wildman–Crippen LogP) is 17.7. The highest BCUT2D eigenvalue weighted by atomic mass is 15.2. The van der Waals surface area contributed by atoms with E-state index in [1.165, 1.54) is 78.8 Å². The molecule has 0 atom stereocenters. The Morgan fingerprint density at radius 2 is 0.959 bits per heavy atom. The molecule has 0 bridgehead atoms. The molecule has 1 aliphatic heterocycles. The van der Waals surface area contributed by atoms with Crippen molar-refractivity contribution in [1.82, 2.24) is 0 Å². The summed E-state index contributed by atoms with van der Waals surface area (Å²) in [6, 6.07) is 91.3. The second-order valence-electron chi connectivity index (χ2n) is 19.8. The van der Waals surface area contributed by atoms with Gasteiger partial charge in [-0.3, -0.25) is 0 Å². The van der Waals surface area contributed by atoms with E-state index >= 15 is 0 Å². The van der Waals surface area contributed by atoms with Crippen LogP contribution in [0.4, 0.5) is 45.5 Å².